The van der Waals surface area contributed by atoms with Crippen molar-refractivity contribution in [1.82, 2.24) is 19.7 Å². The van der Waals surface area contributed by atoms with Crippen LogP contribution in [-0.2, 0) is 9.53 Å². The average Bonchev–Trinajstić information content (AvgIpc) is 3.33. The zero-order chi connectivity index (χ0) is 23.7. The smallest absolute Gasteiger partial charge is 0.224 e. The molecule has 3 heterocycles. The molecule has 5 rings (SSSR count). The number of rotatable bonds is 6. The SMILES string of the molecule is COc1cc2ncnc(-c3cn(C4CCCCO4)nc3-c3ccccc3)c2cc1C(C)C(N)=O. The summed E-state index contributed by atoms with van der Waals surface area (Å²) in [6.07, 6.45) is 6.51. The van der Waals surface area contributed by atoms with E-state index in [1.807, 2.05) is 53.3 Å². The van der Waals surface area contributed by atoms with E-state index in [1.54, 1.807) is 14.0 Å². The Morgan fingerprint density at radius 1 is 1.18 bits per heavy atom. The van der Waals surface area contributed by atoms with Crippen molar-refractivity contribution < 1.29 is 14.3 Å². The van der Waals surface area contributed by atoms with Gasteiger partial charge in [-0.2, -0.15) is 5.10 Å². The Balaban J connectivity index is 1.73. The number of hydrogen-bond acceptors (Lipinski definition) is 6. The number of amides is 1. The third-order valence-corrected chi connectivity index (χ3v) is 6.37. The quantitative estimate of drug-likeness (QED) is 0.458. The topological polar surface area (TPSA) is 105 Å². The van der Waals surface area contributed by atoms with Crippen LogP contribution in [0.5, 0.6) is 5.75 Å². The van der Waals surface area contributed by atoms with Crippen LogP contribution < -0.4 is 10.5 Å². The van der Waals surface area contributed by atoms with Crippen LogP contribution in [0.25, 0.3) is 33.4 Å². The van der Waals surface area contributed by atoms with Gasteiger partial charge in [-0.1, -0.05) is 30.3 Å². The van der Waals surface area contributed by atoms with Crippen molar-refractivity contribution in [2.45, 2.75) is 38.3 Å². The van der Waals surface area contributed by atoms with Crippen molar-refractivity contribution in [2.75, 3.05) is 13.7 Å². The fourth-order valence-electron chi connectivity index (χ4n) is 4.44. The third-order valence-electron chi connectivity index (χ3n) is 6.37. The number of nitrogens with two attached hydrogens (primary N) is 1. The zero-order valence-electron chi connectivity index (χ0n) is 19.3. The number of ether oxygens (including phenoxy) is 2. The lowest BCUT2D eigenvalue weighted by Gasteiger charge is -2.22. The van der Waals surface area contributed by atoms with Crippen molar-refractivity contribution in [3.63, 3.8) is 0 Å². The predicted octanol–water partition coefficient (Wildman–Crippen LogP) is 4.46. The van der Waals surface area contributed by atoms with Gasteiger partial charge in [0.1, 0.15) is 24.0 Å². The lowest BCUT2D eigenvalue weighted by Crippen LogP contribution is -2.19. The predicted molar refractivity (Wildman–Crippen MR) is 129 cm³/mol. The van der Waals surface area contributed by atoms with Crippen LogP contribution in [0.4, 0.5) is 0 Å². The van der Waals surface area contributed by atoms with Gasteiger partial charge in [-0.05, 0) is 32.3 Å². The van der Waals surface area contributed by atoms with Crippen LogP contribution in [0, 0.1) is 0 Å². The molecule has 2 aromatic carbocycles. The number of primary amides is 1. The Bertz CT molecular complexity index is 1330. The Morgan fingerprint density at radius 2 is 2.00 bits per heavy atom. The van der Waals surface area contributed by atoms with Gasteiger partial charge in [-0.3, -0.25) is 4.79 Å². The number of fused-ring (bicyclic) bond motifs is 1. The molecule has 0 bridgehead atoms. The normalized spacial score (nSPS) is 16.9. The van der Waals surface area contributed by atoms with E-state index in [9.17, 15) is 4.79 Å². The maximum Gasteiger partial charge on any atom is 0.224 e. The fourth-order valence-corrected chi connectivity index (χ4v) is 4.44. The molecule has 8 nitrogen and oxygen atoms in total. The molecule has 174 valence electrons. The van der Waals surface area contributed by atoms with Crippen molar-refractivity contribution in [3.05, 3.63) is 60.6 Å². The van der Waals surface area contributed by atoms with E-state index in [2.05, 4.69) is 9.97 Å². The molecule has 2 unspecified atom stereocenters. The number of carbonyl (C=O) groups excluding carboxylic acids is 1. The summed E-state index contributed by atoms with van der Waals surface area (Å²) in [5.74, 6) is -0.388. The summed E-state index contributed by atoms with van der Waals surface area (Å²) >= 11 is 0. The summed E-state index contributed by atoms with van der Waals surface area (Å²) in [5, 5.41) is 5.74. The molecule has 0 spiro atoms. The number of benzene rings is 2. The first kappa shape index (κ1) is 22.0. The lowest BCUT2D eigenvalue weighted by atomic mass is 9.95. The van der Waals surface area contributed by atoms with Gasteiger partial charge in [-0.25, -0.2) is 14.6 Å². The standard InChI is InChI=1S/C26H27N5O3/c1-16(26(27)32)18-12-19-21(13-22(18)33-2)28-15-29-25(19)20-14-31(23-10-6-7-11-34-23)30-24(20)17-8-4-3-5-9-17/h3-5,8-9,12-16,23H,6-7,10-11H2,1-2H3,(H2,27,32). The minimum atomic E-state index is -0.528. The van der Waals surface area contributed by atoms with Crippen LogP contribution in [0.15, 0.2) is 55.0 Å². The number of nitrogens with zero attached hydrogens (tertiary/aromatic N) is 4. The van der Waals surface area contributed by atoms with Crippen molar-refractivity contribution in [1.29, 1.82) is 0 Å². The molecule has 0 saturated carbocycles. The third kappa shape index (κ3) is 4.01. The summed E-state index contributed by atoms with van der Waals surface area (Å²) in [6.45, 7) is 2.49. The number of carbonyl (C=O) groups is 1. The van der Waals surface area contributed by atoms with Gasteiger partial charge in [0.05, 0.1) is 24.2 Å². The molecule has 0 radical (unpaired) electrons. The van der Waals surface area contributed by atoms with Crippen LogP contribution in [-0.4, -0.2) is 39.4 Å². The maximum absolute atomic E-state index is 12.0. The Kier molecular flexibility index (Phi) is 5.98. The second-order valence-electron chi connectivity index (χ2n) is 8.52. The Labute approximate surface area is 197 Å². The first-order chi connectivity index (χ1) is 16.6. The van der Waals surface area contributed by atoms with Crippen LogP contribution in [0.2, 0.25) is 0 Å². The fraction of sp³-hybridized carbons (Fsp3) is 0.308. The highest BCUT2D eigenvalue weighted by molar-refractivity contribution is 5.97. The minimum absolute atomic E-state index is 0.108. The second kappa shape index (κ2) is 9.23. The highest BCUT2D eigenvalue weighted by Crippen LogP contribution is 2.38. The van der Waals surface area contributed by atoms with Gasteiger partial charge in [0.25, 0.3) is 0 Å². The molecule has 1 aliphatic heterocycles. The van der Waals surface area contributed by atoms with Gasteiger partial charge in [-0.15, -0.1) is 0 Å². The summed E-state index contributed by atoms with van der Waals surface area (Å²) in [6, 6.07) is 13.8. The second-order valence-corrected chi connectivity index (χ2v) is 8.52. The highest BCUT2D eigenvalue weighted by Gasteiger charge is 2.24. The Hall–Kier alpha value is -3.78. The van der Waals surface area contributed by atoms with Gasteiger partial charge in [0.15, 0.2) is 0 Å². The number of methoxy groups -OCH3 is 1. The molecule has 1 saturated heterocycles. The summed E-state index contributed by atoms with van der Waals surface area (Å²) in [4.78, 5) is 21.1. The first-order valence-electron chi connectivity index (χ1n) is 11.5. The molecule has 2 aromatic heterocycles. The number of aromatic nitrogens is 4. The van der Waals surface area contributed by atoms with Gasteiger partial charge in [0, 0.05) is 40.9 Å². The molecule has 4 aromatic rings. The highest BCUT2D eigenvalue weighted by atomic mass is 16.5. The molecule has 2 atom stereocenters. The molecule has 1 amide bonds. The average molecular weight is 458 g/mol. The van der Waals surface area contributed by atoms with Crippen molar-refractivity contribution in [2.24, 2.45) is 5.73 Å². The zero-order valence-corrected chi connectivity index (χ0v) is 19.3. The van der Waals surface area contributed by atoms with Gasteiger partial charge in [0.2, 0.25) is 5.91 Å². The van der Waals surface area contributed by atoms with Crippen LogP contribution in [0.1, 0.15) is 43.9 Å². The van der Waals surface area contributed by atoms with E-state index in [4.69, 9.17) is 20.3 Å². The van der Waals surface area contributed by atoms with E-state index in [1.165, 1.54) is 6.33 Å². The Morgan fingerprint density at radius 3 is 2.71 bits per heavy atom. The molecule has 0 aliphatic carbocycles. The van der Waals surface area contributed by atoms with Gasteiger partial charge >= 0.3 is 0 Å². The van der Waals surface area contributed by atoms with E-state index < -0.39 is 11.8 Å². The summed E-state index contributed by atoms with van der Waals surface area (Å²) in [5.41, 5.74) is 10.4. The summed E-state index contributed by atoms with van der Waals surface area (Å²) in [7, 11) is 1.57. The largest absolute Gasteiger partial charge is 0.496 e. The maximum atomic E-state index is 12.0. The molecule has 34 heavy (non-hydrogen) atoms. The van der Waals surface area contributed by atoms with Crippen LogP contribution >= 0.6 is 0 Å². The molecule has 2 N–H and O–H groups in total. The van der Waals surface area contributed by atoms with Crippen molar-refractivity contribution >= 4 is 16.8 Å². The lowest BCUT2D eigenvalue weighted by molar-refractivity contribution is -0.119. The van der Waals surface area contributed by atoms with Gasteiger partial charge < -0.3 is 15.2 Å². The summed E-state index contributed by atoms with van der Waals surface area (Å²) < 4.78 is 13.4. The molecular formula is C26H27N5O3. The monoisotopic (exact) mass is 457 g/mol. The molecule has 1 fully saturated rings. The van der Waals surface area contributed by atoms with E-state index in [0.717, 1.165) is 53.8 Å². The minimum Gasteiger partial charge on any atom is -0.496 e. The van der Waals surface area contributed by atoms with E-state index in [-0.39, 0.29) is 6.23 Å². The molecule has 8 heteroatoms. The van der Waals surface area contributed by atoms with E-state index in [0.29, 0.717) is 16.8 Å². The molecule has 1 aliphatic rings. The van der Waals surface area contributed by atoms with Crippen molar-refractivity contribution in [3.8, 4) is 28.3 Å². The first-order valence-corrected chi connectivity index (χ1v) is 11.5. The van der Waals surface area contributed by atoms with E-state index >= 15 is 0 Å². The number of hydrogen-bond donors (Lipinski definition) is 1. The molecular weight excluding hydrogens is 430 g/mol. The van der Waals surface area contributed by atoms with Crippen LogP contribution in [0.3, 0.4) is 0 Å².